The van der Waals surface area contributed by atoms with Gasteiger partial charge in [-0.2, -0.15) is 5.26 Å². The molecule has 0 aliphatic carbocycles. The first kappa shape index (κ1) is 17.0. The zero-order chi connectivity index (χ0) is 18.2. The summed E-state index contributed by atoms with van der Waals surface area (Å²) in [6.45, 7) is 0. The Morgan fingerprint density at radius 3 is 1.85 bits per heavy atom. The van der Waals surface area contributed by atoms with Crippen molar-refractivity contribution < 1.29 is 4.79 Å². The maximum absolute atomic E-state index is 12.4. The lowest BCUT2D eigenvalue weighted by atomic mass is 10.0. The van der Waals surface area contributed by atoms with Crippen molar-refractivity contribution in [1.82, 2.24) is 0 Å². The molecule has 0 aliphatic heterocycles. The predicted octanol–water partition coefficient (Wildman–Crippen LogP) is 4.88. The monoisotopic (exact) mass is 333 g/mol. The Hall–Kier alpha value is -3.88. The summed E-state index contributed by atoms with van der Waals surface area (Å²) < 4.78 is 0. The van der Waals surface area contributed by atoms with Crippen LogP contribution in [0.4, 0.5) is 0 Å². The molecule has 0 atom stereocenters. The standard InChI is InChI=1S/C24H15NO/c25-18-23(24(26)22-9-5-2-6-10-22)17-21-15-13-20(14-16-21)12-11-19-7-3-1-4-8-19/h1-10,13-17H. The highest BCUT2D eigenvalue weighted by Crippen LogP contribution is 2.13. The van der Waals surface area contributed by atoms with Crippen LogP contribution in [0.3, 0.4) is 0 Å². The fraction of sp³-hybridized carbons (Fsp3) is 0. The molecule has 0 N–H and O–H groups in total. The Morgan fingerprint density at radius 2 is 1.27 bits per heavy atom. The van der Waals surface area contributed by atoms with Gasteiger partial charge in [-0.05, 0) is 35.9 Å². The minimum atomic E-state index is -0.277. The lowest BCUT2D eigenvalue weighted by Crippen LogP contribution is -2.01. The van der Waals surface area contributed by atoms with Crippen molar-refractivity contribution in [3.8, 4) is 17.9 Å². The second kappa shape index (κ2) is 8.29. The smallest absolute Gasteiger partial charge is 0.203 e. The molecule has 3 aromatic rings. The van der Waals surface area contributed by atoms with Crippen LogP contribution in [0.25, 0.3) is 6.08 Å². The Labute approximate surface area is 153 Å². The van der Waals surface area contributed by atoms with Crippen LogP contribution in [0.1, 0.15) is 27.0 Å². The molecule has 0 aliphatic rings. The van der Waals surface area contributed by atoms with Gasteiger partial charge in [0.15, 0.2) is 0 Å². The molecule has 0 bridgehead atoms. The minimum Gasteiger partial charge on any atom is -0.288 e. The quantitative estimate of drug-likeness (QED) is 0.297. The van der Waals surface area contributed by atoms with Crippen molar-refractivity contribution in [3.05, 3.63) is 113 Å². The summed E-state index contributed by atoms with van der Waals surface area (Å²) >= 11 is 0. The SMILES string of the molecule is N#CC(=Cc1ccc(C#Cc2ccccc2)cc1)C(=O)c1ccccc1. The van der Waals surface area contributed by atoms with Crippen LogP contribution in [-0.4, -0.2) is 5.78 Å². The average Bonchev–Trinajstić information content (AvgIpc) is 2.72. The molecule has 0 saturated carbocycles. The molecule has 2 nitrogen and oxygen atoms in total. The van der Waals surface area contributed by atoms with E-state index in [4.69, 9.17) is 0 Å². The van der Waals surface area contributed by atoms with Crippen LogP contribution in [0.15, 0.2) is 90.5 Å². The fourth-order valence-corrected chi connectivity index (χ4v) is 2.39. The second-order valence-electron chi connectivity index (χ2n) is 5.60. The lowest BCUT2D eigenvalue weighted by Gasteiger charge is -2.00. The number of hydrogen-bond acceptors (Lipinski definition) is 2. The van der Waals surface area contributed by atoms with Crippen LogP contribution in [0, 0.1) is 23.2 Å². The normalized spacial score (nSPS) is 10.3. The molecular formula is C24H15NO. The van der Waals surface area contributed by atoms with Gasteiger partial charge in [-0.25, -0.2) is 0 Å². The number of carbonyl (C=O) groups excluding carboxylic acids is 1. The van der Waals surface area contributed by atoms with Gasteiger partial charge in [-0.1, -0.05) is 72.5 Å². The van der Waals surface area contributed by atoms with Crippen LogP contribution in [0.5, 0.6) is 0 Å². The third-order valence-electron chi connectivity index (χ3n) is 3.75. The number of Topliss-reactive ketones (excluding diaryl/α,β-unsaturated/α-hetero) is 1. The Balaban J connectivity index is 1.80. The van der Waals surface area contributed by atoms with Gasteiger partial charge in [-0.3, -0.25) is 4.79 Å². The zero-order valence-electron chi connectivity index (χ0n) is 14.0. The van der Waals surface area contributed by atoms with Gasteiger partial charge in [0.05, 0.1) is 0 Å². The molecule has 3 rings (SSSR count). The summed E-state index contributed by atoms with van der Waals surface area (Å²) in [4.78, 5) is 12.4. The molecule has 0 aromatic heterocycles. The summed E-state index contributed by atoms with van der Waals surface area (Å²) in [5.41, 5.74) is 3.23. The molecule has 2 heteroatoms. The van der Waals surface area contributed by atoms with E-state index >= 15 is 0 Å². The van der Waals surface area contributed by atoms with Gasteiger partial charge in [-0.15, -0.1) is 0 Å². The van der Waals surface area contributed by atoms with E-state index in [0.29, 0.717) is 5.56 Å². The molecule has 0 saturated heterocycles. The van der Waals surface area contributed by atoms with E-state index in [1.54, 1.807) is 30.3 Å². The molecule has 0 fully saturated rings. The first-order valence-electron chi connectivity index (χ1n) is 8.15. The summed E-state index contributed by atoms with van der Waals surface area (Å²) in [5, 5.41) is 9.32. The molecule has 0 unspecified atom stereocenters. The summed E-state index contributed by atoms with van der Waals surface area (Å²) in [7, 11) is 0. The van der Waals surface area contributed by atoms with Crippen molar-refractivity contribution >= 4 is 11.9 Å². The third-order valence-corrected chi connectivity index (χ3v) is 3.75. The maximum atomic E-state index is 12.4. The minimum absolute atomic E-state index is 0.110. The molecular weight excluding hydrogens is 318 g/mol. The van der Waals surface area contributed by atoms with Crippen molar-refractivity contribution in [2.45, 2.75) is 0 Å². The van der Waals surface area contributed by atoms with Crippen molar-refractivity contribution in [1.29, 1.82) is 5.26 Å². The first-order chi connectivity index (χ1) is 12.8. The third kappa shape index (κ3) is 4.35. The summed E-state index contributed by atoms with van der Waals surface area (Å²) in [6, 6.07) is 28.0. The highest BCUT2D eigenvalue weighted by molar-refractivity contribution is 6.14. The molecule has 0 spiro atoms. The number of hydrogen-bond donors (Lipinski definition) is 0. The highest BCUT2D eigenvalue weighted by atomic mass is 16.1. The number of nitriles is 1. The fourth-order valence-electron chi connectivity index (χ4n) is 2.39. The number of benzene rings is 3. The van der Waals surface area contributed by atoms with Crippen LogP contribution < -0.4 is 0 Å². The number of nitrogens with zero attached hydrogens (tertiary/aromatic N) is 1. The zero-order valence-corrected chi connectivity index (χ0v) is 14.0. The number of allylic oxidation sites excluding steroid dienone is 1. The van der Waals surface area contributed by atoms with E-state index in [1.807, 2.05) is 66.7 Å². The van der Waals surface area contributed by atoms with E-state index in [0.717, 1.165) is 16.7 Å². The molecule has 0 radical (unpaired) electrons. The molecule has 122 valence electrons. The summed E-state index contributed by atoms with van der Waals surface area (Å²) in [5.74, 6) is 5.92. The van der Waals surface area contributed by atoms with E-state index in [9.17, 15) is 10.1 Å². The molecule has 3 aromatic carbocycles. The number of rotatable bonds is 3. The van der Waals surface area contributed by atoms with E-state index in [-0.39, 0.29) is 11.4 Å². The van der Waals surface area contributed by atoms with E-state index < -0.39 is 0 Å². The van der Waals surface area contributed by atoms with Crippen LogP contribution in [-0.2, 0) is 0 Å². The van der Waals surface area contributed by atoms with E-state index in [2.05, 4.69) is 11.8 Å². The lowest BCUT2D eigenvalue weighted by molar-refractivity contribution is 0.104. The van der Waals surface area contributed by atoms with Gasteiger partial charge in [0.25, 0.3) is 0 Å². The largest absolute Gasteiger partial charge is 0.288 e. The number of carbonyl (C=O) groups is 1. The van der Waals surface area contributed by atoms with Gasteiger partial charge < -0.3 is 0 Å². The topological polar surface area (TPSA) is 40.9 Å². The Morgan fingerprint density at radius 1 is 0.731 bits per heavy atom. The highest BCUT2D eigenvalue weighted by Gasteiger charge is 2.11. The Kier molecular flexibility index (Phi) is 5.41. The first-order valence-corrected chi connectivity index (χ1v) is 8.15. The molecule has 0 heterocycles. The van der Waals surface area contributed by atoms with Crippen molar-refractivity contribution in [2.75, 3.05) is 0 Å². The maximum Gasteiger partial charge on any atom is 0.203 e. The van der Waals surface area contributed by atoms with Crippen LogP contribution in [0.2, 0.25) is 0 Å². The van der Waals surface area contributed by atoms with Gasteiger partial charge in [0.2, 0.25) is 5.78 Å². The Bertz CT molecular complexity index is 1030. The molecule has 0 amide bonds. The van der Waals surface area contributed by atoms with E-state index in [1.165, 1.54) is 0 Å². The van der Waals surface area contributed by atoms with Gasteiger partial charge in [0, 0.05) is 16.7 Å². The average molecular weight is 333 g/mol. The van der Waals surface area contributed by atoms with Crippen molar-refractivity contribution in [2.24, 2.45) is 0 Å². The second-order valence-corrected chi connectivity index (χ2v) is 5.60. The summed E-state index contributed by atoms with van der Waals surface area (Å²) in [6.07, 6.45) is 1.60. The van der Waals surface area contributed by atoms with Crippen molar-refractivity contribution in [3.63, 3.8) is 0 Å². The van der Waals surface area contributed by atoms with Gasteiger partial charge >= 0.3 is 0 Å². The predicted molar refractivity (Wildman–Crippen MR) is 103 cm³/mol. The molecule has 26 heavy (non-hydrogen) atoms. The van der Waals surface area contributed by atoms with Gasteiger partial charge in [0.1, 0.15) is 11.6 Å². The van der Waals surface area contributed by atoms with Crippen LogP contribution >= 0.6 is 0 Å². The number of ketones is 1.